The summed E-state index contributed by atoms with van der Waals surface area (Å²) in [6, 6.07) is 0. The number of rotatable bonds is 2. The molecule has 3 aliphatic rings. The van der Waals surface area contributed by atoms with Crippen LogP contribution < -0.4 is 5.73 Å². The van der Waals surface area contributed by atoms with Gasteiger partial charge in [-0.1, -0.05) is 0 Å². The quantitative estimate of drug-likeness (QED) is 0.499. The third kappa shape index (κ3) is 1.74. The molecule has 3 heterocycles. The van der Waals surface area contributed by atoms with Crippen molar-refractivity contribution in [2.75, 3.05) is 6.67 Å². The molecule has 1 unspecified atom stereocenters. The molecule has 0 aromatic carbocycles. The van der Waals surface area contributed by atoms with Crippen molar-refractivity contribution in [3.63, 3.8) is 0 Å². The van der Waals surface area contributed by atoms with Crippen LogP contribution in [0.15, 0.2) is 15.0 Å². The molecule has 0 saturated carbocycles. The number of hydrogen-bond donors (Lipinski definition) is 3. The Bertz CT molecular complexity index is 510. The molecule has 3 rings (SSSR count). The van der Waals surface area contributed by atoms with Gasteiger partial charge in [0.2, 0.25) is 0 Å². The number of nitrogens with zero attached hydrogens (tertiary/aromatic N) is 4. The van der Waals surface area contributed by atoms with Crippen molar-refractivity contribution >= 4 is 33.0 Å². The van der Waals surface area contributed by atoms with Crippen molar-refractivity contribution < 1.29 is 14.9 Å². The van der Waals surface area contributed by atoms with Crippen molar-refractivity contribution in [2.45, 2.75) is 41.7 Å². The first-order chi connectivity index (χ1) is 9.51. The number of nitrogens with two attached hydrogens (primary N) is 1. The van der Waals surface area contributed by atoms with Crippen LogP contribution in [-0.2, 0) is 4.74 Å². The number of amidine groups is 2. The van der Waals surface area contributed by atoms with E-state index in [1.807, 2.05) is 5.82 Å². The molecule has 0 amide bonds. The van der Waals surface area contributed by atoms with Gasteiger partial charge in [-0.25, -0.2) is 0 Å². The van der Waals surface area contributed by atoms with Crippen LogP contribution in [0.5, 0.6) is 0 Å². The van der Waals surface area contributed by atoms with Gasteiger partial charge in [-0.15, -0.1) is 0 Å². The second-order valence-electron chi connectivity index (χ2n) is 4.88. The summed E-state index contributed by atoms with van der Waals surface area (Å²) >= 11 is 0.0267. The van der Waals surface area contributed by atoms with E-state index in [0.29, 0.717) is 11.7 Å². The monoisotopic (exact) mass is 347 g/mol. The number of aliphatic imine (C=N–C) groups is 3. The summed E-state index contributed by atoms with van der Waals surface area (Å²) in [7, 11) is 0. The molecule has 4 N–H and O–H groups in total. The van der Waals surface area contributed by atoms with Gasteiger partial charge < -0.3 is 0 Å². The van der Waals surface area contributed by atoms with E-state index in [1.54, 1.807) is 18.2 Å². The van der Waals surface area contributed by atoms with Crippen molar-refractivity contribution in [3.05, 3.63) is 0 Å². The first-order valence-electron chi connectivity index (χ1n) is 6.27. The van der Waals surface area contributed by atoms with Crippen LogP contribution in [0.4, 0.5) is 0 Å². The van der Waals surface area contributed by atoms with Crippen LogP contribution in [0.2, 0.25) is 5.82 Å². The second kappa shape index (κ2) is 4.78. The van der Waals surface area contributed by atoms with Gasteiger partial charge in [0.25, 0.3) is 0 Å². The van der Waals surface area contributed by atoms with Crippen molar-refractivity contribution in [3.8, 4) is 0 Å². The molecule has 1 saturated heterocycles. The minimum absolute atomic E-state index is 0.0267. The predicted octanol–water partition coefficient (Wildman–Crippen LogP) is -2.03. The SMILES string of the molecule is C[Se]C12N=CN([C@@H]3O[C@H](C)[C@@H](O)[C@H]3O)C1=NCN=C2N. The molecule has 1 fully saturated rings. The van der Waals surface area contributed by atoms with Crippen LogP contribution in [0.3, 0.4) is 0 Å². The van der Waals surface area contributed by atoms with Gasteiger partial charge in [0.1, 0.15) is 0 Å². The zero-order valence-corrected chi connectivity index (χ0v) is 12.9. The Morgan fingerprint density at radius 1 is 1.45 bits per heavy atom. The fraction of sp³-hybridized carbons (Fsp3) is 0.727. The standard InChI is InChI=1S/C11H17N5O3Se/c1-5-6(17)7(18)8(19-5)16-4-15-11(20-2)9(12)13-3-14-10(11)16/h4-8,17-18H,3H2,1-2H3,(H2,12,13)/t5-,6-,7-,8-,11?/m1/s1. The van der Waals surface area contributed by atoms with E-state index in [-0.39, 0.29) is 21.6 Å². The Balaban J connectivity index is 1.92. The molecule has 3 aliphatic heterocycles. The average Bonchev–Trinajstić information content (AvgIpc) is 2.94. The Morgan fingerprint density at radius 2 is 2.20 bits per heavy atom. The molecule has 0 aliphatic carbocycles. The molecular weight excluding hydrogens is 329 g/mol. The summed E-state index contributed by atoms with van der Waals surface area (Å²) in [6.07, 6.45) is -1.50. The van der Waals surface area contributed by atoms with E-state index >= 15 is 0 Å². The van der Waals surface area contributed by atoms with Crippen molar-refractivity contribution in [2.24, 2.45) is 20.7 Å². The van der Waals surface area contributed by atoms with Gasteiger partial charge >= 0.3 is 122 Å². The van der Waals surface area contributed by atoms with E-state index in [2.05, 4.69) is 15.0 Å². The molecule has 0 spiro atoms. The fourth-order valence-electron chi connectivity index (χ4n) is 2.58. The Labute approximate surface area is 122 Å². The number of ether oxygens (including phenoxy) is 1. The molecule has 0 aromatic rings. The first-order valence-corrected chi connectivity index (χ1v) is 8.84. The zero-order valence-electron chi connectivity index (χ0n) is 11.2. The maximum atomic E-state index is 10.1. The van der Waals surface area contributed by atoms with Crippen LogP contribution in [0.25, 0.3) is 0 Å². The van der Waals surface area contributed by atoms with Crippen LogP contribution in [0.1, 0.15) is 6.92 Å². The van der Waals surface area contributed by atoms with Crippen molar-refractivity contribution in [1.29, 1.82) is 0 Å². The predicted molar refractivity (Wildman–Crippen MR) is 75.0 cm³/mol. The Hall–Kier alpha value is -0.991. The van der Waals surface area contributed by atoms with Gasteiger partial charge in [0, 0.05) is 0 Å². The fourth-order valence-corrected chi connectivity index (χ4v) is 4.21. The topological polar surface area (TPSA) is 116 Å². The van der Waals surface area contributed by atoms with Gasteiger partial charge in [-0.3, -0.25) is 0 Å². The number of hydrogen-bond acceptors (Lipinski definition) is 8. The molecule has 0 bridgehead atoms. The molecule has 110 valence electrons. The van der Waals surface area contributed by atoms with Gasteiger partial charge in [-0.2, -0.15) is 0 Å². The molecule has 5 atom stereocenters. The number of aliphatic hydroxyl groups excluding tert-OH is 2. The normalized spacial score (nSPS) is 43.5. The number of fused-ring (bicyclic) bond motifs is 1. The van der Waals surface area contributed by atoms with Gasteiger partial charge in [0.15, 0.2) is 0 Å². The van der Waals surface area contributed by atoms with E-state index in [1.165, 1.54) is 0 Å². The average molecular weight is 346 g/mol. The Morgan fingerprint density at radius 3 is 2.80 bits per heavy atom. The summed E-state index contributed by atoms with van der Waals surface area (Å²) in [6.45, 7) is 1.97. The molecule has 9 heteroatoms. The second-order valence-corrected chi connectivity index (χ2v) is 6.98. The molecular formula is C11H17N5O3Se. The number of aliphatic hydroxyl groups is 2. The molecule has 8 nitrogen and oxygen atoms in total. The third-order valence-corrected chi connectivity index (χ3v) is 6.05. The third-order valence-electron chi connectivity index (χ3n) is 3.77. The molecule has 0 radical (unpaired) electrons. The first kappa shape index (κ1) is 14.0. The minimum atomic E-state index is -1.01. The van der Waals surface area contributed by atoms with Crippen LogP contribution >= 0.6 is 0 Å². The van der Waals surface area contributed by atoms with Crippen molar-refractivity contribution in [1.82, 2.24) is 4.90 Å². The molecule has 0 aromatic heterocycles. The summed E-state index contributed by atoms with van der Waals surface area (Å²) in [5.74, 6) is 3.11. The maximum absolute atomic E-state index is 10.1. The van der Waals surface area contributed by atoms with Gasteiger partial charge in [-0.05, 0) is 0 Å². The van der Waals surface area contributed by atoms with Crippen LogP contribution in [0, 0.1) is 0 Å². The van der Waals surface area contributed by atoms with E-state index < -0.39 is 29.0 Å². The summed E-state index contributed by atoms with van der Waals surface area (Å²) < 4.78 is 4.92. The molecule has 20 heavy (non-hydrogen) atoms. The zero-order chi connectivity index (χ0) is 14.5. The van der Waals surface area contributed by atoms with E-state index in [4.69, 9.17) is 10.5 Å². The summed E-state index contributed by atoms with van der Waals surface area (Å²) in [5, 5.41) is 19.9. The summed E-state index contributed by atoms with van der Waals surface area (Å²) in [5.41, 5.74) is 6.01. The van der Waals surface area contributed by atoms with E-state index in [0.717, 1.165) is 0 Å². The Kier molecular flexibility index (Phi) is 3.34. The van der Waals surface area contributed by atoms with Gasteiger partial charge in [0.05, 0.1) is 0 Å². The summed E-state index contributed by atoms with van der Waals surface area (Å²) in [4.78, 5) is 14.7. The van der Waals surface area contributed by atoms with E-state index in [9.17, 15) is 10.2 Å². The van der Waals surface area contributed by atoms with Crippen LogP contribution in [-0.4, -0.2) is 83.7 Å².